The fourth-order valence-corrected chi connectivity index (χ4v) is 1.72. The van der Waals surface area contributed by atoms with Crippen LogP contribution in [0.25, 0.3) is 0 Å². The number of hydrogen-bond acceptors (Lipinski definition) is 1. The smallest absolute Gasteiger partial charge is 0.0381 e. The Morgan fingerprint density at radius 1 is 1.29 bits per heavy atom. The van der Waals surface area contributed by atoms with Gasteiger partial charge in [0, 0.05) is 16.9 Å². The first kappa shape index (κ1) is 11.2. The zero-order chi connectivity index (χ0) is 10.2. The van der Waals surface area contributed by atoms with Gasteiger partial charge in [0.15, 0.2) is 0 Å². The molecule has 0 aliphatic rings. The molecule has 0 fully saturated rings. The fraction of sp³-hybridized carbons (Fsp3) is 0.385. The Kier molecular flexibility index (Phi) is 5.25. The van der Waals surface area contributed by atoms with Gasteiger partial charge in [-0.05, 0) is 24.8 Å². The van der Waals surface area contributed by atoms with Crippen molar-refractivity contribution in [1.29, 1.82) is 0 Å². The molecule has 0 amide bonds. The summed E-state index contributed by atoms with van der Waals surface area (Å²) in [6.45, 7) is 2.19. The maximum absolute atomic E-state index is 3.23. The standard InChI is InChI=1S/C13H16S/c1-3-4-5-6-9-12-10-7-8-11-13(12)14-2/h7-8,10-11H,3-5H2,1-2H3. The van der Waals surface area contributed by atoms with Gasteiger partial charge in [0.25, 0.3) is 0 Å². The lowest BCUT2D eigenvalue weighted by Gasteiger charge is -1.98. The van der Waals surface area contributed by atoms with Crippen LogP contribution in [-0.2, 0) is 0 Å². The number of hydrogen-bond donors (Lipinski definition) is 0. The van der Waals surface area contributed by atoms with Crippen molar-refractivity contribution >= 4 is 11.8 Å². The first-order valence-electron chi connectivity index (χ1n) is 5.00. The highest BCUT2D eigenvalue weighted by Gasteiger charge is 1.94. The van der Waals surface area contributed by atoms with Gasteiger partial charge >= 0.3 is 0 Å². The van der Waals surface area contributed by atoms with Gasteiger partial charge in [-0.2, -0.15) is 0 Å². The van der Waals surface area contributed by atoms with Crippen LogP contribution in [0.5, 0.6) is 0 Å². The minimum absolute atomic E-state index is 1.01. The summed E-state index contributed by atoms with van der Waals surface area (Å²) in [7, 11) is 0. The summed E-state index contributed by atoms with van der Waals surface area (Å²) < 4.78 is 0. The second kappa shape index (κ2) is 6.56. The molecule has 1 aromatic carbocycles. The average molecular weight is 204 g/mol. The Balaban J connectivity index is 2.68. The van der Waals surface area contributed by atoms with Crippen LogP contribution in [0.4, 0.5) is 0 Å². The molecular weight excluding hydrogens is 188 g/mol. The van der Waals surface area contributed by atoms with E-state index in [0.717, 1.165) is 12.0 Å². The van der Waals surface area contributed by atoms with Crippen molar-refractivity contribution in [3.05, 3.63) is 29.8 Å². The molecule has 0 heterocycles. The van der Waals surface area contributed by atoms with E-state index in [1.807, 2.05) is 6.07 Å². The van der Waals surface area contributed by atoms with Crippen LogP contribution < -0.4 is 0 Å². The number of benzene rings is 1. The van der Waals surface area contributed by atoms with Gasteiger partial charge in [-0.1, -0.05) is 37.3 Å². The zero-order valence-electron chi connectivity index (χ0n) is 8.84. The van der Waals surface area contributed by atoms with E-state index in [4.69, 9.17) is 0 Å². The molecule has 0 N–H and O–H groups in total. The van der Waals surface area contributed by atoms with E-state index in [1.165, 1.54) is 17.7 Å². The molecule has 0 aliphatic heterocycles. The minimum atomic E-state index is 1.01. The number of rotatable bonds is 3. The second-order valence-corrected chi connectivity index (χ2v) is 3.95. The topological polar surface area (TPSA) is 0 Å². The minimum Gasteiger partial charge on any atom is -0.128 e. The first-order chi connectivity index (χ1) is 6.88. The molecule has 1 rings (SSSR count). The Labute approximate surface area is 91.1 Å². The van der Waals surface area contributed by atoms with Crippen molar-refractivity contribution < 1.29 is 0 Å². The molecule has 0 aliphatic carbocycles. The van der Waals surface area contributed by atoms with Crippen LogP contribution in [0.1, 0.15) is 31.7 Å². The predicted octanol–water partition coefficient (Wildman–Crippen LogP) is 3.95. The van der Waals surface area contributed by atoms with E-state index in [1.54, 1.807) is 11.8 Å². The number of unbranched alkanes of at least 4 members (excludes halogenated alkanes) is 2. The maximum Gasteiger partial charge on any atom is 0.0381 e. The molecule has 74 valence electrons. The zero-order valence-corrected chi connectivity index (χ0v) is 9.66. The monoisotopic (exact) mass is 204 g/mol. The summed E-state index contributed by atoms with van der Waals surface area (Å²) in [5.74, 6) is 6.44. The predicted molar refractivity (Wildman–Crippen MR) is 64.6 cm³/mol. The molecule has 0 radical (unpaired) electrons. The normalized spacial score (nSPS) is 9.29. The summed E-state index contributed by atoms with van der Waals surface area (Å²) in [4.78, 5) is 1.27. The fourth-order valence-electron chi connectivity index (χ4n) is 1.17. The Morgan fingerprint density at radius 3 is 2.79 bits per heavy atom. The Bertz CT molecular complexity index is 331. The van der Waals surface area contributed by atoms with Gasteiger partial charge in [0.05, 0.1) is 0 Å². The van der Waals surface area contributed by atoms with E-state index in [9.17, 15) is 0 Å². The van der Waals surface area contributed by atoms with Crippen molar-refractivity contribution in [2.45, 2.75) is 31.1 Å². The highest BCUT2D eigenvalue weighted by molar-refractivity contribution is 7.98. The second-order valence-electron chi connectivity index (χ2n) is 3.11. The van der Waals surface area contributed by atoms with Crippen LogP contribution in [0.2, 0.25) is 0 Å². The highest BCUT2D eigenvalue weighted by Crippen LogP contribution is 2.18. The molecule has 0 saturated carbocycles. The van der Waals surface area contributed by atoms with E-state index >= 15 is 0 Å². The quantitative estimate of drug-likeness (QED) is 0.408. The lowest BCUT2D eigenvalue weighted by Crippen LogP contribution is -1.78. The number of thioether (sulfide) groups is 1. The van der Waals surface area contributed by atoms with Crippen molar-refractivity contribution in [2.75, 3.05) is 6.26 Å². The third-order valence-corrected chi connectivity index (χ3v) is 2.78. The average Bonchev–Trinajstić information content (AvgIpc) is 2.25. The van der Waals surface area contributed by atoms with Crippen molar-refractivity contribution in [3.8, 4) is 11.8 Å². The molecule has 0 bridgehead atoms. The summed E-state index contributed by atoms with van der Waals surface area (Å²) in [6.07, 6.45) is 5.53. The van der Waals surface area contributed by atoms with Crippen LogP contribution in [0.15, 0.2) is 29.2 Å². The van der Waals surface area contributed by atoms with Gasteiger partial charge in [-0.3, -0.25) is 0 Å². The molecule has 0 spiro atoms. The summed E-state index contributed by atoms with van der Waals surface area (Å²) in [5, 5.41) is 0. The van der Waals surface area contributed by atoms with Crippen molar-refractivity contribution in [3.63, 3.8) is 0 Å². The largest absolute Gasteiger partial charge is 0.128 e. The molecule has 1 heteroatoms. The van der Waals surface area contributed by atoms with Crippen molar-refractivity contribution in [1.82, 2.24) is 0 Å². The van der Waals surface area contributed by atoms with Crippen LogP contribution in [-0.4, -0.2) is 6.26 Å². The van der Waals surface area contributed by atoms with E-state index in [-0.39, 0.29) is 0 Å². The Morgan fingerprint density at radius 2 is 2.07 bits per heavy atom. The molecule has 0 unspecified atom stereocenters. The van der Waals surface area contributed by atoms with E-state index in [0.29, 0.717) is 0 Å². The van der Waals surface area contributed by atoms with Gasteiger partial charge in [0.2, 0.25) is 0 Å². The molecule has 0 aromatic heterocycles. The summed E-state index contributed by atoms with van der Waals surface area (Å²) in [5.41, 5.74) is 1.16. The van der Waals surface area contributed by atoms with Gasteiger partial charge < -0.3 is 0 Å². The first-order valence-corrected chi connectivity index (χ1v) is 6.23. The lowest BCUT2D eigenvalue weighted by molar-refractivity contribution is 0.828. The molecular formula is C13H16S. The third-order valence-electron chi connectivity index (χ3n) is 1.99. The molecule has 0 atom stereocenters. The van der Waals surface area contributed by atoms with Crippen LogP contribution in [0, 0.1) is 11.8 Å². The van der Waals surface area contributed by atoms with Gasteiger partial charge in [-0.15, -0.1) is 11.8 Å². The van der Waals surface area contributed by atoms with E-state index < -0.39 is 0 Å². The van der Waals surface area contributed by atoms with Crippen molar-refractivity contribution in [2.24, 2.45) is 0 Å². The highest BCUT2D eigenvalue weighted by atomic mass is 32.2. The van der Waals surface area contributed by atoms with Gasteiger partial charge in [-0.25, -0.2) is 0 Å². The molecule has 1 aromatic rings. The van der Waals surface area contributed by atoms with E-state index in [2.05, 4.69) is 43.2 Å². The third kappa shape index (κ3) is 3.47. The molecule has 0 saturated heterocycles. The summed E-state index contributed by atoms with van der Waals surface area (Å²) >= 11 is 1.76. The molecule has 14 heavy (non-hydrogen) atoms. The van der Waals surface area contributed by atoms with Crippen LogP contribution >= 0.6 is 11.8 Å². The lowest BCUT2D eigenvalue weighted by atomic mass is 10.2. The van der Waals surface area contributed by atoms with Crippen LogP contribution in [0.3, 0.4) is 0 Å². The summed E-state index contributed by atoms with van der Waals surface area (Å²) in [6, 6.07) is 8.31. The Hall–Kier alpha value is -0.870. The molecule has 0 nitrogen and oxygen atoms in total. The maximum atomic E-state index is 3.23. The SMILES string of the molecule is CCCCC#Cc1ccccc1SC. The van der Waals surface area contributed by atoms with Gasteiger partial charge in [0.1, 0.15) is 0 Å².